The maximum atomic E-state index is 13.0. The maximum Gasteiger partial charge on any atom is 0.228 e. The zero-order chi connectivity index (χ0) is 17.8. The molecule has 0 unspecified atom stereocenters. The molecule has 25 heavy (non-hydrogen) atoms. The van der Waals surface area contributed by atoms with E-state index in [0.717, 1.165) is 35.7 Å². The SMILES string of the molecule is C[C@@H]1CCCN(C(=O)Cc2csc(Cc3ccc(F)cc3)n2)[C@@H]1CN. The second-order valence-corrected chi connectivity index (χ2v) is 7.66. The highest BCUT2D eigenvalue weighted by molar-refractivity contribution is 7.09. The molecule has 2 atom stereocenters. The van der Waals surface area contributed by atoms with Gasteiger partial charge >= 0.3 is 0 Å². The third-order valence-corrected chi connectivity index (χ3v) is 5.78. The van der Waals surface area contributed by atoms with Gasteiger partial charge < -0.3 is 10.6 Å². The van der Waals surface area contributed by atoms with Crippen molar-refractivity contribution in [2.45, 2.75) is 38.6 Å². The van der Waals surface area contributed by atoms with Crippen LogP contribution in [0, 0.1) is 11.7 Å². The number of thiazole rings is 1. The monoisotopic (exact) mass is 361 g/mol. The molecule has 0 saturated carbocycles. The van der Waals surface area contributed by atoms with Gasteiger partial charge in [0.25, 0.3) is 0 Å². The molecule has 1 aromatic heterocycles. The van der Waals surface area contributed by atoms with E-state index in [1.165, 1.54) is 12.1 Å². The third kappa shape index (κ3) is 4.44. The summed E-state index contributed by atoms with van der Waals surface area (Å²) in [5, 5.41) is 2.89. The Hall–Kier alpha value is -1.79. The number of aromatic nitrogens is 1. The average Bonchev–Trinajstić information content (AvgIpc) is 3.03. The lowest BCUT2D eigenvalue weighted by molar-refractivity contribution is -0.135. The molecular formula is C19H24FN3OS. The van der Waals surface area contributed by atoms with Gasteiger partial charge in [-0.1, -0.05) is 19.1 Å². The van der Waals surface area contributed by atoms with Crippen LogP contribution in [0.2, 0.25) is 0 Å². The Morgan fingerprint density at radius 1 is 1.40 bits per heavy atom. The van der Waals surface area contributed by atoms with E-state index in [4.69, 9.17) is 5.73 Å². The van der Waals surface area contributed by atoms with Crippen molar-refractivity contribution in [3.63, 3.8) is 0 Å². The van der Waals surface area contributed by atoms with Crippen molar-refractivity contribution >= 4 is 17.2 Å². The number of carbonyl (C=O) groups is 1. The Morgan fingerprint density at radius 2 is 2.16 bits per heavy atom. The first-order valence-electron chi connectivity index (χ1n) is 8.74. The molecular weight excluding hydrogens is 337 g/mol. The topological polar surface area (TPSA) is 59.2 Å². The van der Waals surface area contributed by atoms with Crippen LogP contribution in [-0.4, -0.2) is 34.9 Å². The third-order valence-electron chi connectivity index (χ3n) is 4.88. The summed E-state index contributed by atoms with van der Waals surface area (Å²) in [6.45, 7) is 3.47. The summed E-state index contributed by atoms with van der Waals surface area (Å²) in [6, 6.07) is 6.58. The van der Waals surface area contributed by atoms with Gasteiger partial charge in [0, 0.05) is 30.9 Å². The molecule has 1 aliphatic rings. The number of nitrogens with two attached hydrogens (primary N) is 1. The number of rotatable bonds is 5. The van der Waals surface area contributed by atoms with Gasteiger partial charge in [-0.2, -0.15) is 0 Å². The van der Waals surface area contributed by atoms with E-state index in [1.54, 1.807) is 23.5 Å². The summed E-state index contributed by atoms with van der Waals surface area (Å²) in [5.74, 6) is 0.326. The van der Waals surface area contributed by atoms with Crippen molar-refractivity contribution in [1.29, 1.82) is 0 Å². The zero-order valence-corrected chi connectivity index (χ0v) is 15.3. The summed E-state index contributed by atoms with van der Waals surface area (Å²) < 4.78 is 13.0. The first kappa shape index (κ1) is 18.0. The van der Waals surface area contributed by atoms with Crippen LogP contribution in [0.5, 0.6) is 0 Å². The summed E-state index contributed by atoms with van der Waals surface area (Å²) in [4.78, 5) is 19.2. The fourth-order valence-electron chi connectivity index (χ4n) is 3.46. The van der Waals surface area contributed by atoms with Gasteiger partial charge in [-0.3, -0.25) is 4.79 Å². The minimum Gasteiger partial charge on any atom is -0.338 e. The first-order chi connectivity index (χ1) is 12.1. The Labute approximate surface area is 151 Å². The summed E-state index contributed by atoms with van der Waals surface area (Å²) in [5.41, 5.74) is 7.70. The summed E-state index contributed by atoms with van der Waals surface area (Å²) in [7, 11) is 0. The Kier molecular flexibility index (Phi) is 5.81. The zero-order valence-electron chi connectivity index (χ0n) is 14.5. The van der Waals surface area contributed by atoms with Crippen molar-refractivity contribution in [2.24, 2.45) is 11.7 Å². The minimum absolute atomic E-state index is 0.112. The molecule has 6 heteroatoms. The van der Waals surface area contributed by atoms with Crippen molar-refractivity contribution in [3.05, 3.63) is 51.7 Å². The number of halogens is 1. The minimum atomic E-state index is -0.237. The van der Waals surface area contributed by atoms with Crippen LogP contribution in [-0.2, 0) is 17.6 Å². The van der Waals surface area contributed by atoms with Gasteiger partial charge in [0.15, 0.2) is 0 Å². The molecule has 2 N–H and O–H groups in total. The van der Waals surface area contributed by atoms with Crippen LogP contribution in [0.25, 0.3) is 0 Å². The lowest BCUT2D eigenvalue weighted by Gasteiger charge is -2.39. The number of nitrogens with zero attached hydrogens (tertiary/aromatic N) is 2. The average molecular weight is 361 g/mol. The molecule has 0 spiro atoms. The number of hydrogen-bond donors (Lipinski definition) is 1. The van der Waals surface area contributed by atoms with Crippen molar-refractivity contribution in [2.75, 3.05) is 13.1 Å². The molecule has 0 radical (unpaired) electrons. The van der Waals surface area contributed by atoms with E-state index in [-0.39, 0.29) is 17.8 Å². The van der Waals surface area contributed by atoms with Gasteiger partial charge in [0.1, 0.15) is 5.82 Å². The lowest BCUT2D eigenvalue weighted by Crippen LogP contribution is -2.51. The molecule has 1 fully saturated rings. The van der Waals surface area contributed by atoms with Crippen molar-refractivity contribution in [3.8, 4) is 0 Å². The molecule has 2 aromatic rings. The highest BCUT2D eigenvalue weighted by Gasteiger charge is 2.30. The lowest BCUT2D eigenvalue weighted by atomic mass is 9.90. The van der Waals surface area contributed by atoms with Crippen molar-refractivity contribution < 1.29 is 9.18 Å². The Morgan fingerprint density at radius 3 is 2.88 bits per heavy atom. The fraction of sp³-hybridized carbons (Fsp3) is 0.474. The van der Waals surface area contributed by atoms with Crippen LogP contribution in [0.4, 0.5) is 4.39 Å². The van der Waals surface area contributed by atoms with Gasteiger partial charge in [-0.15, -0.1) is 11.3 Å². The van der Waals surface area contributed by atoms with E-state index in [9.17, 15) is 9.18 Å². The quantitative estimate of drug-likeness (QED) is 0.891. The molecule has 134 valence electrons. The number of amides is 1. The van der Waals surface area contributed by atoms with E-state index >= 15 is 0 Å². The molecule has 3 rings (SSSR count). The van der Waals surface area contributed by atoms with Crippen molar-refractivity contribution in [1.82, 2.24) is 9.88 Å². The first-order valence-corrected chi connectivity index (χ1v) is 9.62. The second-order valence-electron chi connectivity index (χ2n) is 6.72. The highest BCUT2D eigenvalue weighted by Crippen LogP contribution is 2.24. The number of likely N-dealkylation sites (tertiary alicyclic amines) is 1. The molecule has 1 aliphatic heterocycles. The molecule has 0 bridgehead atoms. The highest BCUT2D eigenvalue weighted by atomic mass is 32.1. The number of carbonyl (C=O) groups excluding carboxylic acids is 1. The number of benzene rings is 1. The van der Waals surface area contributed by atoms with Crippen LogP contribution in [0.15, 0.2) is 29.6 Å². The van der Waals surface area contributed by atoms with E-state index < -0.39 is 0 Å². The fourth-order valence-corrected chi connectivity index (χ4v) is 4.29. The van der Waals surface area contributed by atoms with E-state index in [2.05, 4.69) is 11.9 Å². The largest absolute Gasteiger partial charge is 0.338 e. The van der Waals surface area contributed by atoms with E-state index in [0.29, 0.717) is 25.3 Å². The molecule has 1 aromatic carbocycles. The Balaban J connectivity index is 1.62. The van der Waals surface area contributed by atoms with Gasteiger partial charge in [0.2, 0.25) is 5.91 Å². The molecule has 2 heterocycles. The van der Waals surface area contributed by atoms with Crippen LogP contribution in [0.1, 0.15) is 36.0 Å². The molecule has 1 saturated heterocycles. The number of piperidine rings is 1. The second kappa shape index (κ2) is 8.06. The summed E-state index contributed by atoms with van der Waals surface area (Å²) >= 11 is 1.54. The molecule has 0 aliphatic carbocycles. The number of hydrogen-bond acceptors (Lipinski definition) is 4. The van der Waals surface area contributed by atoms with Crippen LogP contribution >= 0.6 is 11.3 Å². The smallest absolute Gasteiger partial charge is 0.228 e. The van der Waals surface area contributed by atoms with Crippen LogP contribution < -0.4 is 5.73 Å². The molecule has 1 amide bonds. The Bertz CT molecular complexity index is 716. The standard InChI is InChI=1S/C19H24FN3OS/c1-13-3-2-8-23(17(13)11-21)19(24)10-16-12-25-18(22-16)9-14-4-6-15(20)7-5-14/h4-7,12-13,17H,2-3,8-11,21H2,1H3/t13-,17-/m1/s1. The maximum absolute atomic E-state index is 13.0. The van der Waals surface area contributed by atoms with Gasteiger partial charge in [-0.05, 0) is 36.5 Å². The normalized spacial score (nSPS) is 20.7. The van der Waals surface area contributed by atoms with Gasteiger partial charge in [-0.25, -0.2) is 9.37 Å². The summed E-state index contributed by atoms with van der Waals surface area (Å²) in [6.07, 6.45) is 3.15. The molecule has 4 nitrogen and oxygen atoms in total. The van der Waals surface area contributed by atoms with Crippen LogP contribution in [0.3, 0.4) is 0 Å². The van der Waals surface area contributed by atoms with E-state index in [1.807, 2.05) is 10.3 Å². The predicted molar refractivity (Wildman–Crippen MR) is 98.0 cm³/mol. The predicted octanol–water partition coefficient (Wildman–Crippen LogP) is 3.00. The van der Waals surface area contributed by atoms with Gasteiger partial charge in [0.05, 0.1) is 17.1 Å².